The Hall–Kier alpha value is -3.04. The first-order valence-corrected chi connectivity index (χ1v) is 10.1. The molecule has 29 heavy (non-hydrogen) atoms. The van der Waals surface area contributed by atoms with Crippen LogP contribution in [-0.2, 0) is 13.0 Å². The highest BCUT2D eigenvalue weighted by atomic mass is 16.5. The number of nitrogens with zero attached hydrogens (tertiary/aromatic N) is 3. The predicted molar refractivity (Wildman–Crippen MR) is 111 cm³/mol. The molecule has 1 saturated carbocycles. The Balaban J connectivity index is 1.75. The van der Waals surface area contributed by atoms with E-state index in [1.807, 2.05) is 34.9 Å². The summed E-state index contributed by atoms with van der Waals surface area (Å²) in [5.74, 6) is 0.809. The first-order valence-electron chi connectivity index (χ1n) is 10.1. The number of aliphatic hydroxyl groups excluding tert-OH is 1. The summed E-state index contributed by atoms with van der Waals surface area (Å²) in [5.41, 5.74) is 3.18. The molecular weight excluding hydrogens is 366 g/mol. The van der Waals surface area contributed by atoms with Crippen molar-refractivity contribution in [2.75, 3.05) is 7.11 Å². The van der Waals surface area contributed by atoms with Crippen LogP contribution >= 0.6 is 0 Å². The molecule has 1 aromatic heterocycles. The normalized spacial score (nSPS) is 19.2. The number of benzene rings is 2. The lowest BCUT2D eigenvalue weighted by molar-refractivity contribution is 0.110. The zero-order valence-electron chi connectivity index (χ0n) is 16.5. The van der Waals surface area contributed by atoms with E-state index < -0.39 is 0 Å². The number of nitriles is 1. The fraction of sp³-hybridized carbons (Fsp3) is 0.391. The zero-order valence-corrected chi connectivity index (χ0v) is 16.5. The number of hydrogen-bond acceptors (Lipinski definition) is 4. The second kappa shape index (κ2) is 8.14. The van der Waals surface area contributed by atoms with Crippen molar-refractivity contribution < 1.29 is 9.84 Å². The summed E-state index contributed by atoms with van der Waals surface area (Å²) in [6.45, 7) is 0.507. The van der Waals surface area contributed by atoms with Gasteiger partial charge < -0.3 is 9.84 Å². The van der Waals surface area contributed by atoms with Gasteiger partial charge in [0, 0.05) is 12.6 Å². The molecule has 6 nitrogen and oxygen atoms in total. The molecule has 3 aromatic rings. The monoisotopic (exact) mass is 391 g/mol. The molecule has 0 amide bonds. The molecule has 1 N–H and O–H groups in total. The number of imidazole rings is 1. The summed E-state index contributed by atoms with van der Waals surface area (Å²) in [5, 5.41) is 19.2. The second-order valence-electron chi connectivity index (χ2n) is 7.64. The maximum Gasteiger partial charge on any atom is 0.329 e. The lowest BCUT2D eigenvalue weighted by atomic mass is 9.93. The van der Waals surface area contributed by atoms with Crippen molar-refractivity contribution in [3.05, 3.63) is 64.1 Å². The third kappa shape index (κ3) is 3.66. The maximum absolute atomic E-state index is 13.4. The van der Waals surface area contributed by atoms with Gasteiger partial charge in [-0.2, -0.15) is 5.26 Å². The Morgan fingerprint density at radius 3 is 2.62 bits per heavy atom. The number of aryl methyl sites for hydroxylation is 2. The van der Waals surface area contributed by atoms with E-state index in [1.165, 1.54) is 0 Å². The Morgan fingerprint density at radius 1 is 1.14 bits per heavy atom. The summed E-state index contributed by atoms with van der Waals surface area (Å²) >= 11 is 0. The van der Waals surface area contributed by atoms with Crippen LogP contribution in [0.5, 0.6) is 5.75 Å². The van der Waals surface area contributed by atoms with Crippen LogP contribution in [0.25, 0.3) is 11.0 Å². The van der Waals surface area contributed by atoms with Gasteiger partial charge in [0.25, 0.3) is 0 Å². The fourth-order valence-corrected chi connectivity index (χ4v) is 4.38. The van der Waals surface area contributed by atoms with E-state index in [1.54, 1.807) is 23.8 Å². The van der Waals surface area contributed by atoms with Crippen LogP contribution in [0, 0.1) is 11.3 Å². The van der Waals surface area contributed by atoms with Gasteiger partial charge in [0.1, 0.15) is 5.75 Å². The molecule has 0 bridgehead atoms. The molecule has 0 unspecified atom stereocenters. The number of rotatable bonds is 5. The van der Waals surface area contributed by atoms with Gasteiger partial charge in [-0.1, -0.05) is 18.2 Å². The molecule has 6 heteroatoms. The van der Waals surface area contributed by atoms with E-state index in [0.29, 0.717) is 31.4 Å². The van der Waals surface area contributed by atoms with Crippen LogP contribution in [0.3, 0.4) is 0 Å². The maximum atomic E-state index is 13.4. The quantitative estimate of drug-likeness (QED) is 0.723. The summed E-state index contributed by atoms with van der Waals surface area (Å²) in [7, 11) is 1.65. The van der Waals surface area contributed by atoms with Gasteiger partial charge >= 0.3 is 5.69 Å². The topological polar surface area (TPSA) is 80.2 Å². The Kier molecular flexibility index (Phi) is 5.41. The average Bonchev–Trinajstić information content (AvgIpc) is 3.03. The smallest absolute Gasteiger partial charge is 0.329 e. The van der Waals surface area contributed by atoms with E-state index in [9.17, 15) is 15.2 Å². The van der Waals surface area contributed by atoms with Gasteiger partial charge in [-0.3, -0.25) is 9.13 Å². The Labute approximate surface area is 169 Å². The molecule has 0 aliphatic heterocycles. The summed E-state index contributed by atoms with van der Waals surface area (Å²) in [6, 6.07) is 15.5. The first kappa shape index (κ1) is 19.3. The van der Waals surface area contributed by atoms with Crippen LogP contribution in [0.4, 0.5) is 0 Å². The van der Waals surface area contributed by atoms with Crippen LogP contribution in [0.1, 0.15) is 42.9 Å². The molecule has 1 heterocycles. The Morgan fingerprint density at radius 2 is 1.90 bits per heavy atom. The number of para-hydroxylation sites is 1. The van der Waals surface area contributed by atoms with E-state index in [4.69, 9.17) is 4.74 Å². The minimum absolute atomic E-state index is 0.0497. The van der Waals surface area contributed by atoms with E-state index in [-0.39, 0.29) is 17.8 Å². The second-order valence-corrected chi connectivity index (χ2v) is 7.64. The van der Waals surface area contributed by atoms with Crippen molar-refractivity contribution in [3.8, 4) is 11.8 Å². The Bertz CT molecular complexity index is 1110. The van der Waals surface area contributed by atoms with Crippen molar-refractivity contribution in [2.45, 2.75) is 50.8 Å². The molecule has 1 aliphatic carbocycles. The molecule has 0 saturated heterocycles. The lowest BCUT2D eigenvalue weighted by Crippen LogP contribution is -2.31. The minimum Gasteiger partial charge on any atom is -0.496 e. The minimum atomic E-state index is -0.272. The number of aromatic nitrogens is 2. The third-order valence-electron chi connectivity index (χ3n) is 5.92. The van der Waals surface area contributed by atoms with Crippen molar-refractivity contribution in [2.24, 2.45) is 0 Å². The molecule has 1 aliphatic rings. The van der Waals surface area contributed by atoms with Crippen LogP contribution in [-0.4, -0.2) is 27.5 Å². The van der Waals surface area contributed by atoms with E-state index in [0.717, 1.165) is 35.2 Å². The molecule has 0 radical (unpaired) electrons. The van der Waals surface area contributed by atoms with Gasteiger partial charge in [-0.15, -0.1) is 0 Å². The molecular formula is C23H25N3O3. The van der Waals surface area contributed by atoms with Gasteiger partial charge in [0.15, 0.2) is 0 Å². The SMILES string of the molecule is COc1ccccc1CCn1c(=O)n([C@H]2CC[C@H](O)CC2)c2ccc(C#N)cc21. The van der Waals surface area contributed by atoms with Crippen molar-refractivity contribution in [1.82, 2.24) is 9.13 Å². The van der Waals surface area contributed by atoms with E-state index in [2.05, 4.69) is 6.07 Å². The molecule has 150 valence electrons. The molecule has 0 spiro atoms. The number of methoxy groups -OCH3 is 1. The average molecular weight is 391 g/mol. The van der Waals surface area contributed by atoms with Gasteiger partial charge in [-0.25, -0.2) is 4.79 Å². The van der Waals surface area contributed by atoms with Crippen molar-refractivity contribution >= 4 is 11.0 Å². The van der Waals surface area contributed by atoms with Crippen LogP contribution < -0.4 is 10.4 Å². The first-order chi connectivity index (χ1) is 14.1. The number of fused-ring (bicyclic) bond motifs is 1. The molecule has 2 aromatic carbocycles. The van der Waals surface area contributed by atoms with Crippen LogP contribution in [0.15, 0.2) is 47.3 Å². The summed E-state index contributed by atoms with van der Waals surface area (Å²) < 4.78 is 9.08. The number of aliphatic hydroxyl groups is 1. The van der Waals surface area contributed by atoms with Crippen molar-refractivity contribution in [3.63, 3.8) is 0 Å². The van der Waals surface area contributed by atoms with Gasteiger partial charge in [0.05, 0.1) is 35.9 Å². The number of hydrogen-bond donors (Lipinski definition) is 1. The molecule has 4 rings (SSSR count). The highest BCUT2D eigenvalue weighted by Crippen LogP contribution is 2.31. The summed E-state index contributed by atoms with van der Waals surface area (Å²) in [6.07, 6.45) is 3.37. The molecule has 1 fully saturated rings. The van der Waals surface area contributed by atoms with Gasteiger partial charge in [-0.05, 0) is 61.9 Å². The highest BCUT2D eigenvalue weighted by Gasteiger charge is 2.25. The zero-order chi connectivity index (χ0) is 20.4. The number of ether oxygens (including phenoxy) is 1. The van der Waals surface area contributed by atoms with Crippen LogP contribution in [0.2, 0.25) is 0 Å². The van der Waals surface area contributed by atoms with E-state index >= 15 is 0 Å². The van der Waals surface area contributed by atoms with Crippen molar-refractivity contribution in [1.29, 1.82) is 5.26 Å². The predicted octanol–water partition coefficient (Wildman–Crippen LogP) is 3.40. The largest absolute Gasteiger partial charge is 0.496 e. The molecule has 0 atom stereocenters. The lowest BCUT2D eigenvalue weighted by Gasteiger charge is -2.26. The standard InChI is InChI=1S/C23H25N3O3/c1-29-22-5-3-2-4-17(22)12-13-25-21-14-16(15-24)6-11-20(21)26(23(25)28)18-7-9-19(27)10-8-18/h2-6,11,14,18-19,27H,7-10,12-13H2,1H3/t18-,19-. The summed E-state index contributed by atoms with van der Waals surface area (Å²) in [4.78, 5) is 13.4. The third-order valence-corrected chi connectivity index (χ3v) is 5.92. The highest BCUT2D eigenvalue weighted by molar-refractivity contribution is 5.78. The fourth-order valence-electron chi connectivity index (χ4n) is 4.38. The van der Waals surface area contributed by atoms with Gasteiger partial charge in [0.2, 0.25) is 0 Å².